The molecule has 8 heteroatoms. The predicted molar refractivity (Wildman–Crippen MR) is 94.7 cm³/mol. The topological polar surface area (TPSA) is 49.8 Å². The smallest absolute Gasteiger partial charge is 0.378 e. The minimum Gasteiger partial charge on any atom is -0.378 e. The first-order valence-electron chi connectivity index (χ1n) is 8.19. The molecule has 0 atom stereocenters. The number of alkyl halides is 3. The zero-order chi connectivity index (χ0) is 18.6. The third kappa shape index (κ3) is 4.51. The Morgan fingerprint density at radius 2 is 1.96 bits per heavy atom. The van der Waals surface area contributed by atoms with E-state index >= 15 is 0 Å². The quantitative estimate of drug-likeness (QED) is 0.664. The van der Waals surface area contributed by atoms with Crippen LogP contribution in [0.1, 0.15) is 16.7 Å². The van der Waals surface area contributed by atoms with Gasteiger partial charge in [-0.15, -0.1) is 0 Å². The Morgan fingerprint density at radius 3 is 2.58 bits per heavy atom. The minimum absolute atomic E-state index is 0.246. The van der Waals surface area contributed by atoms with Crippen LogP contribution < -0.4 is 10.3 Å². The molecule has 1 fully saturated rings. The molecule has 1 N–H and O–H groups in total. The first kappa shape index (κ1) is 18.2. The van der Waals surface area contributed by atoms with E-state index in [-0.39, 0.29) is 5.82 Å². The second-order valence-corrected chi connectivity index (χ2v) is 5.95. The van der Waals surface area contributed by atoms with E-state index in [9.17, 15) is 13.2 Å². The van der Waals surface area contributed by atoms with E-state index in [0.717, 1.165) is 49.7 Å². The maximum Gasteiger partial charge on any atom is 0.417 e. The largest absolute Gasteiger partial charge is 0.417 e. The summed E-state index contributed by atoms with van der Waals surface area (Å²) in [5.41, 5.74) is 5.03. The standard InChI is InChI=1S/C18H19F3N4O/c1-13-10-14(2-4-16(13)25-6-8-26-9-7-25)11-23-24-17-5-3-15(12-22-17)18(19,20)21/h2-5,10-12H,6-9H2,1H3,(H,22,24)/b23-11-. The number of pyridine rings is 1. The Balaban J connectivity index is 1.62. The molecule has 26 heavy (non-hydrogen) atoms. The van der Waals surface area contributed by atoms with E-state index in [0.29, 0.717) is 0 Å². The Kier molecular flexibility index (Phi) is 5.41. The van der Waals surface area contributed by atoms with Gasteiger partial charge in [0.15, 0.2) is 0 Å². The van der Waals surface area contributed by atoms with Gasteiger partial charge >= 0.3 is 6.18 Å². The number of nitrogens with zero attached hydrogens (tertiary/aromatic N) is 3. The van der Waals surface area contributed by atoms with Crippen molar-refractivity contribution in [2.24, 2.45) is 5.10 Å². The van der Waals surface area contributed by atoms with Crippen molar-refractivity contribution >= 4 is 17.7 Å². The summed E-state index contributed by atoms with van der Waals surface area (Å²) < 4.78 is 42.9. The molecule has 0 radical (unpaired) electrons. The normalized spacial score (nSPS) is 15.5. The molecule has 1 saturated heterocycles. The summed E-state index contributed by atoms with van der Waals surface area (Å²) in [6.45, 7) is 5.23. The van der Waals surface area contributed by atoms with E-state index < -0.39 is 11.7 Å². The highest BCUT2D eigenvalue weighted by molar-refractivity contribution is 5.81. The number of hydrogen-bond acceptors (Lipinski definition) is 5. The van der Waals surface area contributed by atoms with Crippen LogP contribution in [0.25, 0.3) is 0 Å². The molecule has 0 bridgehead atoms. The van der Waals surface area contributed by atoms with Crippen LogP contribution in [0.5, 0.6) is 0 Å². The van der Waals surface area contributed by atoms with Crippen molar-refractivity contribution in [3.05, 3.63) is 53.2 Å². The van der Waals surface area contributed by atoms with Gasteiger partial charge in [-0.3, -0.25) is 5.43 Å². The molecule has 2 heterocycles. The molecule has 1 aliphatic heterocycles. The van der Waals surface area contributed by atoms with Gasteiger partial charge in [-0.25, -0.2) is 4.98 Å². The summed E-state index contributed by atoms with van der Waals surface area (Å²) in [7, 11) is 0. The fourth-order valence-corrected chi connectivity index (χ4v) is 2.72. The predicted octanol–water partition coefficient (Wildman–Crippen LogP) is 3.69. The third-order valence-corrected chi connectivity index (χ3v) is 4.06. The van der Waals surface area contributed by atoms with Crippen molar-refractivity contribution in [2.45, 2.75) is 13.1 Å². The fraction of sp³-hybridized carbons (Fsp3) is 0.333. The molecule has 2 aromatic rings. The summed E-state index contributed by atoms with van der Waals surface area (Å²) in [5, 5.41) is 4.03. The number of morpholine rings is 1. The molecule has 0 saturated carbocycles. The highest BCUT2D eigenvalue weighted by Gasteiger charge is 2.30. The maximum absolute atomic E-state index is 12.5. The highest BCUT2D eigenvalue weighted by atomic mass is 19.4. The van der Waals surface area contributed by atoms with Gasteiger partial charge in [-0.2, -0.15) is 18.3 Å². The minimum atomic E-state index is -4.39. The van der Waals surface area contributed by atoms with Crippen LogP contribution in [0.15, 0.2) is 41.6 Å². The second kappa shape index (κ2) is 7.74. The Hall–Kier alpha value is -2.61. The number of nitrogens with one attached hydrogen (secondary N) is 1. The molecule has 138 valence electrons. The molecule has 0 unspecified atom stereocenters. The number of ether oxygens (including phenoxy) is 1. The van der Waals surface area contributed by atoms with E-state index in [1.54, 1.807) is 6.21 Å². The first-order valence-corrected chi connectivity index (χ1v) is 8.19. The molecule has 0 aliphatic carbocycles. The van der Waals surface area contributed by atoms with E-state index in [1.807, 2.05) is 25.1 Å². The highest BCUT2D eigenvalue weighted by Crippen LogP contribution is 2.28. The Bertz CT molecular complexity index is 769. The molecule has 1 aromatic heterocycles. The average molecular weight is 364 g/mol. The van der Waals surface area contributed by atoms with Crippen LogP contribution in [-0.4, -0.2) is 37.5 Å². The number of aromatic nitrogens is 1. The lowest BCUT2D eigenvalue weighted by atomic mass is 10.1. The van der Waals surface area contributed by atoms with Gasteiger partial charge in [0.2, 0.25) is 0 Å². The lowest BCUT2D eigenvalue weighted by Gasteiger charge is -2.30. The first-order chi connectivity index (χ1) is 12.4. The van der Waals surface area contributed by atoms with E-state index in [1.165, 1.54) is 11.8 Å². The number of rotatable bonds is 4. The molecule has 0 spiro atoms. The van der Waals surface area contributed by atoms with Crippen molar-refractivity contribution in [3.8, 4) is 0 Å². The molecular weight excluding hydrogens is 345 g/mol. The Labute approximate surface area is 149 Å². The van der Waals surface area contributed by atoms with Crippen molar-refractivity contribution < 1.29 is 17.9 Å². The van der Waals surface area contributed by atoms with Crippen LogP contribution in [0.3, 0.4) is 0 Å². The number of anilines is 2. The van der Waals surface area contributed by atoms with Gasteiger partial charge in [0, 0.05) is 25.0 Å². The molecular formula is C18H19F3N4O. The number of halogens is 3. The summed E-state index contributed by atoms with van der Waals surface area (Å²) in [5.74, 6) is 0.246. The van der Waals surface area contributed by atoms with Crippen molar-refractivity contribution in [1.82, 2.24) is 4.98 Å². The van der Waals surface area contributed by atoms with Gasteiger partial charge in [-0.1, -0.05) is 6.07 Å². The van der Waals surface area contributed by atoms with Crippen LogP contribution in [0.4, 0.5) is 24.7 Å². The van der Waals surface area contributed by atoms with Crippen LogP contribution in [0.2, 0.25) is 0 Å². The number of hydrazone groups is 1. The molecule has 1 aliphatic rings. The van der Waals surface area contributed by atoms with Crippen LogP contribution in [0, 0.1) is 6.92 Å². The molecule has 1 aromatic carbocycles. The van der Waals surface area contributed by atoms with Gasteiger partial charge < -0.3 is 9.64 Å². The van der Waals surface area contributed by atoms with E-state index in [4.69, 9.17) is 4.74 Å². The zero-order valence-electron chi connectivity index (χ0n) is 14.3. The molecule has 0 amide bonds. The van der Waals surface area contributed by atoms with Gasteiger partial charge in [-0.05, 0) is 42.3 Å². The second-order valence-electron chi connectivity index (χ2n) is 5.95. The van der Waals surface area contributed by atoms with Crippen molar-refractivity contribution in [1.29, 1.82) is 0 Å². The average Bonchev–Trinajstić information content (AvgIpc) is 2.62. The summed E-state index contributed by atoms with van der Waals surface area (Å²) in [6.07, 6.45) is -2.01. The number of benzene rings is 1. The maximum atomic E-state index is 12.5. The summed E-state index contributed by atoms with van der Waals surface area (Å²) >= 11 is 0. The molecule has 3 rings (SSSR count). The van der Waals surface area contributed by atoms with Gasteiger partial charge in [0.05, 0.1) is 25.0 Å². The zero-order valence-corrected chi connectivity index (χ0v) is 14.3. The number of hydrogen-bond donors (Lipinski definition) is 1. The SMILES string of the molecule is Cc1cc(/C=N\Nc2ccc(C(F)(F)F)cn2)ccc1N1CCOCC1. The third-order valence-electron chi connectivity index (χ3n) is 4.06. The van der Waals surface area contributed by atoms with E-state index in [2.05, 4.69) is 20.4 Å². The number of aryl methyl sites for hydroxylation is 1. The lowest BCUT2D eigenvalue weighted by Crippen LogP contribution is -2.36. The summed E-state index contributed by atoms with van der Waals surface area (Å²) in [6, 6.07) is 8.21. The van der Waals surface area contributed by atoms with Gasteiger partial charge in [0.1, 0.15) is 5.82 Å². The molecule has 5 nitrogen and oxygen atoms in total. The fourth-order valence-electron chi connectivity index (χ4n) is 2.72. The monoisotopic (exact) mass is 364 g/mol. The van der Waals surface area contributed by atoms with Crippen LogP contribution >= 0.6 is 0 Å². The van der Waals surface area contributed by atoms with Crippen LogP contribution in [-0.2, 0) is 10.9 Å². The van der Waals surface area contributed by atoms with Crippen molar-refractivity contribution in [2.75, 3.05) is 36.6 Å². The summed E-state index contributed by atoms with van der Waals surface area (Å²) in [4.78, 5) is 5.99. The Morgan fingerprint density at radius 1 is 1.19 bits per heavy atom. The van der Waals surface area contributed by atoms with Gasteiger partial charge in [0.25, 0.3) is 0 Å². The van der Waals surface area contributed by atoms with Crippen molar-refractivity contribution in [3.63, 3.8) is 0 Å². The lowest BCUT2D eigenvalue weighted by molar-refractivity contribution is -0.137.